The van der Waals surface area contributed by atoms with Crippen LogP contribution < -0.4 is 16.4 Å². The molecule has 7 nitrogen and oxygen atoms in total. The Balaban J connectivity index is 1.66. The van der Waals surface area contributed by atoms with Crippen LogP contribution in [0.5, 0.6) is 0 Å². The van der Waals surface area contributed by atoms with E-state index in [-0.39, 0.29) is 36.8 Å². The van der Waals surface area contributed by atoms with E-state index >= 15 is 0 Å². The molecule has 166 valence electrons. The van der Waals surface area contributed by atoms with Gasteiger partial charge in [0.2, 0.25) is 0 Å². The van der Waals surface area contributed by atoms with Gasteiger partial charge in [-0.25, -0.2) is 13.6 Å². The summed E-state index contributed by atoms with van der Waals surface area (Å²) in [4.78, 5) is 26.2. The lowest BCUT2D eigenvalue weighted by atomic mass is 10.0. The minimum Gasteiger partial charge on any atom is -0.444 e. The van der Waals surface area contributed by atoms with Gasteiger partial charge in [0.1, 0.15) is 17.6 Å². The minimum atomic E-state index is -1.36. The van der Waals surface area contributed by atoms with Crippen LogP contribution in [-0.2, 0) is 4.74 Å². The molecule has 0 spiro atoms. The van der Waals surface area contributed by atoms with Crippen LogP contribution in [0.25, 0.3) is 0 Å². The number of anilines is 2. The molecule has 3 rings (SSSR count). The quantitative estimate of drug-likeness (QED) is 0.645. The van der Waals surface area contributed by atoms with E-state index in [1.54, 1.807) is 20.8 Å². The Hall–Kier alpha value is -2.58. The molecule has 1 aliphatic carbocycles. The molecule has 9 heteroatoms. The number of nitrogens with zero attached hydrogens (tertiary/aromatic N) is 1. The van der Waals surface area contributed by atoms with E-state index in [9.17, 15) is 18.4 Å². The van der Waals surface area contributed by atoms with Gasteiger partial charge in [0.15, 0.2) is 0 Å². The molecule has 1 saturated carbocycles. The van der Waals surface area contributed by atoms with E-state index < -0.39 is 35.6 Å². The summed E-state index contributed by atoms with van der Waals surface area (Å²) < 4.78 is 34.3. The molecule has 2 amide bonds. The van der Waals surface area contributed by atoms with Crippen LogP contribution in [0.4, 0.5) is 25.0 Å². The van der Waals surface area contributed by atoms with Crippen LogP contribution in [0.2, 0.25) is 0 Å². The van der Waals surface area contributed by atoms with Crippen LogP contribution in [-0.4, -0.2) is 53.8 Å². The van der Waals surface area contributed by atoms with Gasteiger partial charge in [-0.3, -0.25) is 4.79 Å². The molecule has 4 atom stereocenters. The van der Waals surface area contributed by atoms with E-state index in [1.165, 1.54) is 17.0 Å². The normalized spacial score (nSPS) is 26.1. The summed E-state index contributed by atoms with van der Waals surface area (Å²) in [5, 5.41) is 5.65. The van der Waals surface area contributed by atoms with Gasteiger partial charge in [-0.15, -0.1) is 0 Å². The Morgan fingerprint density at radius 1 is 1.27 bits per heavy atom. The molecule has 1 saturated heterocycles. The van der Waals surface area contributed by atoms with Crippen LogP contribution in [0, 0.1) is 11.7 Å². The van der Waals surface area contributed by atoms with Gasteiger partial charge in [0.25, 0.3) is 5.91 Å². The number of benzene rings is 1. The number of hydrogen-bond acceptors (Lipinski definition) is 5. The molecule has 1 aliphatic heterocycles. The maximum absolute atomic E-state index is 14.6. The molecule has 1 aromatic carbocycles. The van der Waals surface area contributed by atoms with E-state index in [1.807, 2.05) is 0 Å². The number of nitrogens with one attached hydrogen (secondary N) is 2. The molecule has 4 N–H and O–H groups in total. The van der Waals surface area contributed by atoms with Crippen molar-refractivity contribution < 1.29 is 23.1 Å². The largest absolute Gasteiger partial charge is 0.444 e. The van der Waals surface area contributed by atoms with Crippen molar-refractivity contribution in [2.24, 2.45) is 5.92 Å². The predicted molar refractivity (Wildman–Crippen MR) is 111 cm³/mol. The topological polar surface area (TPSA) is 96.7 Å². The zero-order chi connectivity index (χ0) is 22.2. The fourth-order valence-corrected chi connectivity index (χ4v) is 3.41. The summed E-state index contributed by atoms with van der Waals surface area (Å²) in [6.45, 7) is 7.41. The molecule has 1 heterocycles. The second kappa shape index (κ2) is 8.28. The van der Waals surface area contributed by atoms with Gasteiger partial charge in [-0.2, -0.15) is 0 Å². The number of amides is 2. The highest BCUT2D eigenvalue weighted by Gasteiger charge is 2.36. The molecule has 1 aromatic rings. The molecule has 2 fully saturated rings. The lowest BCUT2D eigenvalue weighted by molar-refractivity contribution is 0.0112. The van der Waals surface area contributed by atoms with E-state index in [0.29, 0.717) is 11.6 Å². The molecule has 0 aromatic heterocycles. The summed E-state index contributed by atoms with van der Waals surface area (Å²) in [6, 6.07) is 1.72. The van der Waals surface area contributed by atoms with Gasteiger partial charge in [-0.1, -0.05) is 6.92 Å². The number of halogens is 2. The van der Waals surface area contributed by atoms with E-state index in [0.717, 1.165) is 6.42 Å². The second-order valence-electron chi connectivity index (χ2n) is 9.19. The number of nitrogen functional groups attached to an aromatic ring is 1. The third-order valence-electron chi connectivity index (χ3n) is 5.33. The highest BCUT2D eigenvalue weighted by molar-refractivity contribution is 5.96. The van der Waals surface area contributed by atoms with Crippen LogP contribution in [0.15, 0.2) is 12.1 Å². The highest BCUT2D eigenvalue weighted by atomic mass is 19.1. The van der Waals surface area contributed by atoms with Gasteiger partial charge >= 0.3 is 6.09 Å². The first-order valence-corrected chi connectivity index (χ1v) is 10.2. The fourth-order valence-electron chi connectivity index (χ4n) is 3.41. The zero-order valence-corrected chi connectivity index (χ0v) is 17.8. The minimum absolute atomic E-state index is 0.0528. The van der Waals surface area contributed by atoms with Crippen LogP contribution in [0.1, 0.15) is 50.9 Å². The number of rotatable bonds is 4. The van der Waals surface area contributed by atoms with Gasteiger partial charge in [-0.05, 0) is 51.7 Å². The first kappa shape index (κ1) is 22.1. The van der Waals surface area contributed by atoms with Crippen molar-refractivity contribution in [2.75, 3.05) is 24.1 Å². The fraction of sp³-hybridized carbons (Fsp3) is 0.619. The number of ether oxygens (including phenoxy) is 1. The van der Waals surface area contributed by atoms with Crippen molar-refractivity contribution in [3.63, 3.8) is 0 Å². The first-order chi connectivity index (χ1) is 13.9. The molecular weight excluding hydrogens is 394 g/mol. The Morgan fingerprint density at radius 2 is 1.93 bits per heavy atom. The standard InChI is InChI=1S/C21H30F2N4O3/c1-11-7-16(11)25-17-9-14(23)12(8-15(17)24)19(28)26-18-10-27(6-5-13(18)22)20(29)30-21(2,3)4/h8-9,11,13,16,18,25H,5-7,10,24H2,1-4H3,(H,26,28)/t11-,13-,16-,18-/m0/s1. The van der Waals surface area contributed by atoms with Crippen molar-refractivity contribution in [1.29, 1.82) is 0 Å². The Labute approximate surface area is 175 Å². The van der Waals surface area contributed by atoms with Crippen molar-refractivity contribution in [3.8, 4) is 0 Å². The lowest BCUT2D eigenvalue weighted by Crippen LogP contribution is -2.55. The Kier molecular flexibility index (Phi) is 6.10. The lowest BCUT2D eigenvalue weighted by Gasteiger charge is -2.36. The molecule has 30 heavy (non-hydrogen) atoms. The number of nitrogens with two attached hydrogens (primary N) is 1. The third-order valence-corrected chi connectivity index (χ3v) is 5.33. The summed E-state index contributed by atoms with van der Waals surface area (Å²) >= 11 is 0. The summed E-state index contributed by atoms with van der Waals surface area (Å²) in [7, 11) is 0. The first-order valence-electron chi connectivity index (χ1n) is 10.2. The summed E-state index contributed by atoms with van der Waals surface area (Å²) in [5.41, 5.74) is 5.72. The Morgan fingerprint density at radius 3 is 2.53 bits per heavy atom. The summed E-state index contributed by atoms with van der Waals surface area (Å²) in [6.07, 6.45) is -0.895. The molecule has 0 bridgehead atoms. The number of piperidine rings is 1. The monoisotopic (exact) mass is 424 g/mol. The number of hydrogen-bond donors (Lipinski definition) is 3. The van der Waals surface area contributed by atoms with E-state index in [2.05, 4.69) is 17.6 Å². The van der Waals surface area contributed by atoms with Crippen molar-refractivity contribution >= 4 is 23.4 Å². The molecule has 2 aliphatic rings. The number of alkyl halides is 1. The maximum Gasteiger partial charge on any atom is 0.410 e. The predicted octanol–water partition coefficient (Wildman–Crippen LogP) is 3.31. The second-order valence-corrected chi connectivity index (χ2v) is 9.19. The average Bonchev–Trinajstić information content (AvgIpc) is 3.32. The van der Waals surface area contributed by atoms with Crippen LogP contribution >= 0.6 is 0 Å². The van der Waals surface area contributed by atoms with Gasteiger partial charge in [0, 0.05) is 19.1 Å². The summed E-state index contributed by atoms with van der Waals surface area (Å²) in [5.74, 6) is -1.02. The van der Waals surface area contributed by atoms with Gasteiger partial charge < -0.3 is 26.0 Å². The average molecular weight is 424 g/mol. The van der Waals surface area contributed by atoms with Crippen molar-refractivity contribution in [1.82, 2.24) is 10.2 Å². The highest BCUT2D eigenvalue weighted by Crippen LogP contribution is 2.35. The number of likely N-dealkylation sites (tertiary alicyclic amines) is 1. The third kappa shape index (κ3) is 5.31. The van der Waals surface area contributed by atoms with Crippen LogP contribution in [0.3, 0.4) is 0 Å². The maximum atomic E-state index is 14.6. The Bertz CT molecular complexity index is 827. The van der Waals surface area contributed by atoms with Crippen molar-refractivity contribution in [3.05, 3.63) is 23.5 Å². The number of carbonyl (C=O) groups is 2. The SMILES string of the molecule is C[C@H]1C[C@@H]1Nc1cc(F)c(C(=O)N[C@H]2CN(C(=O)OC(C)(C)C)CC[C@@H]2F)cc1N. The van der Waals surface area contributed by atoms with Gasteiger partial charge in [0.05, 0.1) is 23.0 Å². The molecular formula is C21H30F2N4O3. The molecule has 0 radical (unpaired) electrons. The molecule has 0 unspecified atom stereocenters. The number of carbonyl (C=O) groups excluding carboxylic acids is 2. The smallest absolute Gasteiger partial charge is 0.410 e. The van der Waals surface area contributed by atoms with Crippen molar-refractivity contribution in [2.45, 2.75) is 64.4 Å². The zero-order valence-electron chi connectivity index (χ0n) is 17.8. The van der Waals surface area contributed by atoms with E-state index in [4.69, 9.17) is 10.5 Å².